The first-order valence-corrected chi connectivity index (χ1v) is 6.28. The summed E-state index contributed by atoms with van der Waals surface area (Å²) in [7, 11) is -3.70. The third kappa shape index (κ3) is 2.29. The smallest absolute Gasteiger partial charge is 0.206 e. The highest BCUT2D eigenvalue weighted by Gasteiger charge is 2.17. The number of halogens is 1. The maximum Gasteiger partial charge on any atom is 0.206 e. The molecule has 0 fully saturated rings. The van der Waals surface area contributed by atoms with Crippen molar-refractivity contribution >= 4 is 9.84 Å². The second-order valence-corrected chi connectivity index (χ2v) is 5.40. The third-order valence-electron chi connectivity index (χ3n) is 2.25. The SMILES string of the molecule is O=S(=O)(c1ccc(F)cc1)c1cccc(O)c1. The summed E-state index contributed by atoms with van der Waals surface area (Å²) in [4.78, 5) is -0.0337. The second kappa shape index (κ2) is 4.18. The summed E-state index contributed by atoms with van der Waals surface area (Å²) in [5.74, 6) is -0.631. The number of aromatic hydroxyl groups is 1. The molecule has 1 N–H and O–H groups in total. The van der Waals surface area contributed by atoms with E-state index in [1.54, 1.807) is 0 Å². The fraction of sp³-hybridized carbons (Fsp3) is 0. The van der Waals surface area contributed by atoms with Crippen LogP contribution >= 0.6 is 0 Å². The molecule has 0 heterocycles. The molecule has 0 aliphatic carbocycles. The molecule has 0 saturated heterocycles. The van der Waals surface area contributed by atoms with Crippen molar-refractivity contribution in [1.29, 1.82) is 0 Å². The van der Waals surface area contributed by atoms with Crippen LogP contribution in [0.15, 0.2) is 58.3 Å². The Balaban J connectivity index is 2.54. The lowest BCUT2D eigenvalue weighted by Crippen LogP contribution is -2.01. The van der Waals surface area contributed by atoms with Gasteiger partial charge in [-0.25, -0.2) is 12.8 Å². The van der Waals surface area contributed by atoms with Gasteiger partial charge in [-0.2, -0.15) is 0 Å². The molecular weight excluding hydrogens is 243 g/mol. The van der Waals surface area contributed by atoms with E-state index in [2.05, 4.69) is 0 Å². The summed E-state index contributed by atoms with van der Waals surface area (Å²) < 4.78 is 36.8. The Labute approximate surface area is 98.1 Å². The minimum absolute atomic E-state index is 0.00972. The van der Waals surface area contributed by atoms with E-state index < -0.39 is 15.7 Å². The van der Waals surface area contributed by atoms with Crippen molar-refractivity contribution in [2.75, 3.05) is 0 Å². The Morgan fingerprint density at radius 3 is 2.18 bits per heavy atom. The van der Waals surface area contributed by atoms with Crippen LogP contribution in [-0.4, -0.2) is 13.5 Å². The number of hydrogen-bond donors (Lipinski definition) is 1. The molecule has 17 heavy (non-hydrogen) atoms. The van der Waals surface area contributed by atoms with Crippen molar-refractivity contribution in [3.63, 3.8) is 0 Å². The van der Waals surface area contributed by atoms with Gasteiger partial charge in [0.15, 0.2) is 0 Å². The van der Waals surface area contributed by atoms with Gasteiger partial charge < -0.3 is 5.11 Å². The molecule has 0 radical (unpaired) electrons. The topological polar surface area (TPSA) is 54.4 Å². The third-order valence-corrected chi connectivity index (χ3v) is 4.02. The van der Waals surface area contributed by atoms with Crippen LogP contribution in [0.25, 0.3) is 0 Å². The first-order valence-electron chi connectivity index (χ1n) is 4.80. The summed E-state index contributed by atoms with van der Waals surface area (Å²) in [6.07, 6.45) is 0. The normalized spacial score (nSPS) is 11.4. The Kier molecular flexibility index (Phi) is 2.85. The standard InChI is InChI=1S/C12H9FO3S/c13-9-4-6-11(7-5-9)17(15,16)12-3-1-2-10(14)8-12/h1-8,14H. The van der Waals surface area contributed by atoms with Crippen LogP contribution in [0.4, 0.5) is 4.39 Å². The van der Waals surface area contributed by atoms with Gasteiger partial charge in [-0.1, -0.05) is 6.07 Å². The molecule has 88 valence electrons. The predicted molar refractivity (Wildman–Crippen MR) is 60.0 cm³/mol. The van der Waals surface area contributed by atoms with Gasteiger partial charge in [0, 0.05) is 0 Å². The molecule has 3 nitrogen and oxygen atoms in total. The van der Waals surface area contributed by atoms with Crippen LogP contribution in [0.2, 0.25) is 0 Å². The number of sulfone groups is 1. The lowest BCUT2D eigenvalue weighted by atomic mass is 10.3. The fourth-order valence-electron chi connectivity index (χ4n) is 1.40. The minimum Gasteiger partial charge on any atom is -0.508 e. The van der Waals surface area contributed by atoms with Crippen molar-refractivity contribution in [2.24, 2.45) is 0 Å². The van der Waals surface area contributed by atoms with Gasteiger partial charge in [0.25, 0.3) is 0 Å². The molecule has 2 aromatic carbocycles. The predicted octanol–water partition coefficient (Wildman–Crippen LogP) is 2.36. The quantitative estimate of drug-likeness (QED) is 0.835. The molecule has 5 heteroatoms. The van der Waals surface area contributed by atoms with E-state index in [4.69, 9.17) is 0 Å². The number of rotatable bonds is 2. The largest absolute Gasteiger partial charge is 0.508 e. The van der Waals surface area contributed by atoms with Crippen molar-refractivity contribution in [1.82, 2.24) is 0 Å². The molecule has 0 aromatic heterocycles. The summed E-state index contributed by atoms with van der Waals surface area (Å²) >= 11 is 0. The average molecular weight is 252 g/mol. The van der Waals surface area contributed by atoms with Crippen molar-refractivity contribution in [3.8, 4) is 5.75 Å². The summed E-state index contributed by atoms with van der Waals surface area (Å²) in [5.41, 5.74) is 0. The molecular formula is C12H9FO3S. The van der Waals surface area contributed by atoms with Gasteiger partial charge in [0.05, 0.1) is 9.79 Å². The molecule has 2 rings (SSSR count). The van der Waals surface area contributed by atoms with E-state index >= 15 is 0 Å². The van der Waals surface area contributed by atoms with Crippen LogP contribution in [0.1, 0.15) is 0 Å². The maximum absolute atomic E-state index is 12.7. The van der Waals surface area contributed by atoms with Crippen LogP contribution in [-0.2, 0) is 9.84 Å². The van der Waals surface area contributed by atoms with Gasteiger partial charge in [0.2, 0.25) is 9.84 Å². The van der Waals surface area contributed by atoms with Crippen LogP contribution in [0.5, 0.6) is 5.75 Å². The first-order chi connectivity index (χ1) is 8.00. The van der Waals surface area contributed by atoms with Gasteiger partial charge in [-0.05, 0) is 42.5 Å². The highest BCUT2D eigenvalue weighted by Crippen LogP contribution is 2.23. The average Bonchev–Trinajstić information content (AvgIpc) is 2.29. The molecule has 0 aliphatic rings. The highest BCUT2D eigenvalue weighted by atomic mass is 32.2. The monoisotopic (exact) mass is 252 g/mol. The van der Waals surface area contributed by atoms with Crippen LogP contribution in [0, 0.1) is 5.82 Å². The zero-order valence-electron chi connectivity index (χ0n) is 8.67. The van der Waals surface area contributed by atoms with Gasteiger partial charge >= 0.3 is 0 Å². The Bertz CT molecular complexity index is 633. The Hall–Kier alpha value is -1.88. The molecule has 0 unspecified atom stereocenters. The van der Waals surface area contributed by atoms with Gasteiger partial charge in [0.1, 0.15) is 11.6 Å². The van der Waals surface area contributed by atoms with Crippen LogP contribution in [0.3, 0.4) is 0 Å². The zero-order chi connectivity index (χ0) is 12.5. The summed E-state index contributed by atoms with van der Waals surface area (Å²) in [5, 5.41) is 9.24. The fourth-order valence-corrected chi connectivity index (χ4v) is 2.70. The molecule has 0 aliphatic heterocycles. The van der Waals surface area contributed by atoms with Gasteiger partial charge in [-0.3, -0.25) is 0 Å². The second-order valence-electron chi connectivity index (χ2n) is 3.45. The lowest BCUT2D eigenvalue weighted by molar-refractivity contribution is 0.473. The molecule has 0 spiro atoms. The van der Waals surface area contributed by atoms with E-state index in [0.29, 0.717) is 0 Å². The molecule has 0 bridgehead atoms. The van der Waals surface area contributed by atoms with E-state index in [1.807, 2.05) is 0 Å². The van der Waals surface area contributed by atoms with Crippen LogP contribution < -0.4 is 0 Å². The van der Waals surface area contributed by atoms with E-state index in [-0.39, 0.29) is 15.5 Å². The highest BCUT2D eigenvalue weighted by molar-refractivity contribution is 7.91. The molecule has 0 atom stereocenters. The number of benzene rings is 2. The maximum atomic E-state index is 12.7. The van der Waals surface area contributed by atoms with Crippen molar-refractivity contribution in [2.45, 2.75) is 9.79 Å². The molecule has 2 aromatic rings. The number of phenols is 1. The molecule has 0 saturated carbocycles. The number of phenolic OH excluding ortho intramolecular Hbond substituents is 1. The molecule has 0 amide bonds. The number of hydrogen-bond acceptors (Lipinski definition) is 3. The van der Waals surface area contributed by atoms with E-state index in [1.165, 1.54) is 30.3 Å². The lowest BCUT2D eigenvalue weighted by Gasteiger charge is -2.04. The van der Waals surface area contributed by atoms with E-state index in [9.17, 15) is 17.9 Å². The Morgan fingerprint density at radius 1 is 0.941 bits per heavy atom. The summed E-state index contributed by atoms with van der Waals surface area (Å²) in [6.45, 7) is 0. The van der Waals surface area contributed by atoms with Gasteiger partial charge in [-0.15, -0.1) is 0 Å². The van der Waals surface area contributed by atoms with Crippen molar-refractivity contribution < 1.29 is 17.9 Å². The van der Waals surface area contributed by atoms with Crippen molar-refractivity contribution in [3.05, 3.63) is 54.3 Å². The first kappa shape index (κ1) is 11.6. The minimum atomic E-state index is -3.70. The Morgan fingerprint density at radius 2 is 1.59 bits per heavy atom. The zero-order valence-corrected chi connectivity index (χ0v) is 9.49. The summed E-state index contributed by atoms with van der Waals surface area (Å²) in [6, 6.07) is 9.88. The van der Waals surface area contributed by atoms with E-state index in [0.717, 1.165) is 18.2 Å².